The van der Waals surface area contributed by atoms with Crippen LogP contribution in [0, 0.1) is 12.7 Å². The van der Waals surface area contributed by atoms with Crippen molar-refractivity contribution in [3.63, 3.8) is 0 Å². The quantitative estimate of drug-likeness (QED) is 0.434. The predicted molar refractivity (Wildman–Crippen MR) is 136 cm³/mol. The summed E-state index contributed by atoms with van der Waals surface area (Å²) in [6, 6.07) is 7.59. The van der Waals surface area contributed by atoms with E-state index in [0.29, 0.717) is 18.7 Å². The normalized spacial score (nSPS) is 14.6. The molecule has 39 heavy (non-hydrogen) atoms. The lowest BCUT2D eigenvalue weighted by atomic mass is 10.1. The zero-order valence-electron chi connectivity index (χ0n) is 21.2. The van der Waals surface area contributed by atoms with Gasteiger partial charge in [0, 0.05) is 37.8 Å². The Morgan fingerprint density at radius 2 is 1.77 bits per heavy atom. The van der Waals surface area contributed by atoms with Crippen LogP contribution < -0.4 is 15.4 Å². The van der Waals surface area contributed by atoms with Gasteiger partial charge in [0.05, 0.1) is 35.9 Å². The van der Waals surface area contributed by atoms with Gasteiger partial charge in [-0.25, -0.2) is 9.37 Å². The van der Waals surface area contributed by atoms with Crippen LogP contribution in [-0.2, 0) is 4.79 Å². The van der Waals surface area contributed by atoms with Gasteiger partial charge in [0.25, 0.3) is 5.91 Å². The molecule has 1 saturated heterocycles. The van der Waals surface area contributed by atoms with Gasteiger partial charge in [-0.1, -0.05) is 12.1 Å². The number of carbonyl (C=O) groups excluding carboxylic acids is 2. The number of rotatable bonds is 7. The number of likely N-dealkylation sites (N-methyl/N-ethyl adjacent to an activating group) is 1. The fourth-order valence-electron chi connectivity index (χ4n) is 4.08. The van der Waals surface area contributed by atoms with Crippen molar-refractivity contribution in [2.45, 2.75) is 13.3 Å². The van der Waals surface area contributed by atoms with E-state index >= 15 is 0 Å². The van der Waals surface area contributed by atoms with E-state index in [9.17, 15) is 27.2 Å². The van der Waals surface area contributed by atoms with Crippen LogP contribution in [0.5, 0.6) is 5.75 Å². The number of nitrogens with one attached hydrogen (secondary N) is 2. The highest BCUT2D eigenvalue weighted by molar-refractivity contribution is 6.10. The second kappa shape index (κ2) is 11.7. The number of hydrogen-bond donors (Lipinski definition) is 2. The molecule has 13 heteroatoms. The van der Waals surface area contributed by atoms with Crippen molar-refractivity contribution < 1.29 is 31.9 Å². The van der Waals surface area contributed by atoms with Gasteiger partial charge in [0.2, 0.25) is 5.91 Å². The SMILES string of the molecule is Cc1cccc(F)c1-c1cnc(NC(=O)c2ccc(OC(F)(F)F)cc2NC(=O)CN2CCN(C)CC2)cn1. The van der Waals surface area contributed by atoms with Crippen molar-refractivity contribution in [3.8, 4) is 17.0 Å². The maximum Gasteiger partial charge on any atom is 0.573 e. The molecule has 0 aliphatic carbocycles. The molecule has 206 valence electrons. The number of nitrogens with zero attached hydrogens (tertiary/aromatic N) is 4. The van der Waals surface area contributed by atoms with E-state index in [1.807, 2.05) is 11.9 Å². The van der Waals surface area contributed by atoms with Gasteiger partial charge >= 0.3 is 6.36 Å². The first kappa shape index (κ1) is 27.9. The molecule has 2 aromatic carbocycles. The molecule has 2 amide bonds. The summed E-state index contributed by atoms with van der Waals surface area (Å²) in [5, 5.41) is 5.02. The number of alkyl halides is 3. The maximum atomic E-state index is 14.3. The molecule has 2 N–H and O–H groups in total. The van der Waals surface area contributed by atoms with Gasteiger partial charge in [-0.15, -0.1) is 13.2 Å². The minimum Gasteiger partial charge on any atom is -0.406 e. The number of hydrogen-bond acceptors (Lipinski definition) is 7. The molecule has 0 radical (unpaired) electrons. The molecular weight excluding hydrogens is 520 g/mol. The third kappa shape index (κ3) is 7.48. The number of anilines is 2. The van der Waals surface area contributed by atoms with Crippen LogP contribution in [0.4, 0.5) is 29.1 Å². The average Bonchev–Trinajstić information content (AvgIpc) is 2.85. The number of amides is 2. The molecular formula is C26H26F4N6O3. The van der Waals surface area contributed by atoms with Gasteiger partial charge in [-0.3, -0.25) is 19.5 Å². The number of piperazine rings is 1. The molecule has 0 atom stereocenters. The predicted octanol–water partition coefficient (Wildman–Crippen LogP) is 3.93. The Morgan fingerprint density at radius 3 is 2.41 bits per heavy atom. The summed E-state index contributed by atoms with van der Waals surface area (Å²) in [4.78, 5) is 38.0. The zero-order valence-corrected chi connectivity index (χ0v) is 21.2. The Kier molecular flexibility index (Phi) is 8.41. The second-order valence-corrected chi connectivity index (χ2v) is 9.06. The molecule has 1 aliphatic rings. The zero-order chi connectivity index (χ0) is 28.2. The van der Waals surface area contributed by atoms with E-state index < -0.39 is 29.7 Å². The number of halogens is 4. The first-order valence-corrected chi connectivity index (χ1v) is 12.0. The first-order valence-electron chi connectivity index (χ1n) is 12.0. The summed E-state index contributed by atoms with van der Waals surface area (Å²) in [7, 11) is 1.97. The van der Waals surface area contributed by atoms with Crippen LogP contribution in [0.1, 0.15) is 15.9 Å². The minimum atomic E-state index is -4.96. The molecule has 0 bridgehead atoms. The van der Waals surface area contributed by atoms with Crippen molar-refractivity contribution in [2.75, 3.05) is 50.4 Å². The number of aromatic nitrogens is 2. The summed E-state index contributed by atoms with van der Waals surface area (Å²) < 4.78 is 56.6. The third-order valence-corrected chi connectivity index (χ3v) is 6.08. The maximum absolute atomic E-state index is 14.3. The number of benzene rings is 2. The molecule has 3 aromatic rings. The molecule has 0 spiro atoms. The molecule has 0 unspecified atom stereocenters. The molecule has 0 saturated carbocycles. The van der Waals surface area contributed by atoms with Crippen LogP contribution in [-0.4, -0.2) is 77.7 Å². The molecule has 9 nitrogen and oxygen atoms in total. The molecule has 1 aliphatic heterocycles. The van der Waals surface area contributed by atoms with Crippen molar-refractivity contribution in [1.82, 2.24) is 19.8 Å². The summed E-state index contributed by atoms with van der Waals surface area (Å²) in [5.41, 5.74) is 0.897. The number of aryl methyl sites for hydroxylation is 1. The van der Waals surface area contributed by atoms with Crippen LogP contribution in [0.2, 0.25) is 0 Å². The number of ether oxygens (including phenoxy) is 1. The number of carbonyl (C=O) groups is 2. The molecule has 1 aromatic heterocycles. The Hall–Kier alpha value is -4.10. The van der Waals surface area contributed by atoms with Crippen molar-refractivity contribution in [1.29, 1.82) is 0 Å². The van der Waals surface area contributed by atoms with Crippen LogP contribution in [0.3, 0.4) is 0 Å². The van der Waals surface area contributed by atoms with Crippen LogP contribution in [0.25, 0.3) is 11.3 Å². The molecule has 1 fully saturated rings. The highest BCUT2D eigenvalue weighted by Gasteiger charge is 2.31. The smallest absolute Gasteiger partial charge is 0.406 e. The van der Waals surface area contributed by atoms with Crippen molar-refractivity contribution in [3.05, 3.63) is 65.7 Å². The lowest BCUT2D eigenvalue weighted by molar-refractivity contribution is -0.274. The van der Waals surface area contributed by atoms with Crippen LogP contribution >= 0.6 is 0 Å². The van der Waals surface area contributed by atoms with Gasteiger partial charge in [-0.05, 0) is 37.7 Å². The minimum absolute atomic E-state index is 0.00164. The van der Waals surface area contributed by atoms with Gasteiger partial charge in [0.1, 0.15) is 11.6 Å². The molecule has 4 rings (SSSR count). The lowest BCUT2D eigenvalue weighted by Gasteiger charge is -2.31. The van der Waals surface area contributed by atoms with E-state index in [1.54, 1.807) is 19.1 Å². The second-order valence-electron chi connectivity index (χ2n) is 9.06. The summed E-state index contributed by atoms with van der Waals surface area (Å²) >= 11 is 0. The van der Waals surface area contributed by atoms with E-state index in [2.05, 4.69) is 30.2 Å². The van der Waals surface area contributed by atoms with Gasteiger partial charge in [-0.2, -0.15) is 0 Å². The largest absolute Gasteiger partial charge is 0.573 e. The summed E-state index contributed by atoms with van der Waals surface area (Å²) in [6.45, 7) is 4.56. The van der Waals surface area contributed by atoms with E-state index in [4.69, 9.17) is 0 Å². The van der Waals surface area contributed by atoms with Crippen molar-refractivity contribution in [2.24, 2.45) is 0 Å². The standard InChI is InChI=1S/C26H26F4N6O3/c1-16-4-3-5-19(27)24(16)21-13-32-22(14-31-21)34-25(38)18-7-6-17(39-26(28,29)30)12-20(18)33-23(37)15-36-10-8-35(2)9-11-36/h3-7,12-14H,8-11,15H2,1-2H3,(H,33,37)(H,32,34,38). The summed E-state index contributed by atoms with van der Waals surface area (Å²) in [6.07, 6.45) is -2.44. The fraction of sp³-hybridized carbons (Fsp3) is 0.308. The Labute approximate surface area is 221 Å². The van der Waals surface area contributed by atoms with Gasteiger partial charge in [0.15, 0.2) is 5.82 Å². The fourth-order valence-corrected chi connectivity index (χ4v) is 4.08. The van der Waals surface area contributed by atoms with Gasteiger partial charge < -0.3 is 20.3 Å². The Balaban J connectivity index is 1.52. The Bertz CT molecular complexity index is 1320. The monoisotopic (exact) mass is 546 g/mol. The highest BCUT2D eigenvalue weighted by atomic mass is 19.4. The van der Waals surface area contributed by atoms with Crippen molar-refractivity contribution >= 4 is 23.3 Å². The average molecular weight is 547 g/mol. The molecule has 2 heterocycles. The van der Waals surface area contributed by atoms with E-state index in [0.717, 1.165) is 31.3 Å². The van der Waals surface area contributed by atoms with E-state index in [-0.39, 0.29) is 34.9 Å². The lowest BCUT2D eigenvalue weighted by Crippen LogP contribution is -2.47. The highest BCUT2D eigenvalue weighted by Crippen LogP contribution is 2.29. The van der Waals surface area contributed by atoms with E-state index in [1.165, 1.54) is 18.5 Å². The third-order valence-electron chi connectivity index (χ3n) is 6.08. The first-order chi connectivity index (χ1) is 18.5. The Morgan fingerprint density at radius 1 is 1.03 bits per heavy atom. The summed E-state index contributed by atoms with van der Waals surface area (Å²) in [5.74, 6) is -2.31. The topological polar surface area (TPSA) is 99.7 Å². The van der Waals surface area contributed by atoms with Crippen LogP contribution in [0.15, 0.2) is 48.8 Å².